The van der Waals surface area contributed by atoms with E-state index >= 15 is 0 Å². The molecule has 136 valence electrons. The van der Waals surface area contributed by atoms with Crippen LogP contribution < -0.4 is 0 Å². The maximum Gasteiger partial charge on any atom is 0.361 e. The highest BCUT2D eigenvalue weighted by Gasteiger charge is 2.38. The van der Waals surface area contributed by atoms with Crippen LogP contribution in [-0.2, 0) is 17.7 Å². The van der Waals surface area contributed by atoms with Crippen molar-refractivity contribution in [1.82, 2.24) is 0 Å². The fourth-order valence-electron chi connectivity index (χ4n) is 1.99. The van der Waals surface area contributed by atoms with Gasteiger partial charge >= 0.3 is 17.1 Å². The molecule has 0 aliphatic rings. The Balaban J connectivity index is 4.31. The van der Waals surface area contributed by atoms with Crippen LogP contribution in [0.25, 0.3) is 0 Å². The summed E-state index contributed by atoms with van der Waals surface area (Å²) >= 11 is 12.0. The third kappa shape index (κ3) is 9.41. The highest BCUT2D eigenvalue weighted by atomic mass is 35.5. The zero-order valence-corrected chi connectivity index (χ0v) is 18.2. The van der Waals surface area contributed by atoms with E-state index in [1.165, 1.54) is 0 Å². The van der Waals surface area contributed by atoms with Crippen LogP contribution in [0.4, 0.5) is 0 Å². The second-order valence-electron chi connectivity index (χ2n) is 5.14. The predicted octanol–water partition coefficient (Wildman–Crippen LogP) is 4.29. The summed E-state index contributed by atoms with van der Waals surface area (Å²) in [6.07, 6.45) is 4.30. The van der Waals surface area contributed by atoms with Gasteiger partial charge in [-0.05, 0) is 39.1 Å². The van der Waals surface area contributed by atoms with E-state index < -0.39 is 17.1 Å². The van der Waals surface area contributed by atoms with Gasteiger partial charge in [0.15, 0.2) is 0 Å². The van der Waals surface area contributed by atoms with Crippen molar-refractivity contribution in [2.75, 3.05) is 32.3 Å². The lowest BCUT2D eigenvalue weighted by molar-refractivity contribution is 0.150. The topological polar surface area (TPSA) is 36.9 Å². The van der Waals surface area contributed by atoms with Crippen LogP contribution in [0.15, 0.2) is 24.4 Å². The van der Waals surface area contributed by atoms with Crippen LogP contribution in [0.3, 0.4) is 0 Å². The Kier molecular flexibility index (Phi) is 12.8. The van der Waals surface area contributed by atoms with Gasteiger partial charge in [0.05, 0.1) is 5.00 Å². The molecule has 8 heteroatoms. The van der Waals surface area contributed by atoms with Crippen molar-refractivity contribution in [3.8, 4) is 0 Å². The van der Waals surface area contributed by atoms with E-state index in [0.717, 1.165) is 6.42 Å². The third-order valence-corrected chi connectivity index (χ3v) is 10.0. The summed E-state index contributed by atoms with van der Waals surface area (Å²) in [5, 5.41) is -0.280. The summed E-state index contributed by atoms with van der Waals surface area (Å²) in [6, 6.07) is 0. The average molecular weight is 401 g/mol. The Labute approximate surface area is 153 Å². The maximum atomic E-state index is 6.26. The van der Waals surface area contributed by atoms with Gasteiger partial charge in [0.25, 0.3) is 0 Å². The van der Waals surface area contributed by atoms with Crippen molar-refractivity contribution in [1.29, 1.82) is 0 Å². The molecule has 0 aromatic carbocycles. The van der Waals surface area contributed by atoms with Crippen molar-refractivity contribution in [3.05, 3.63) is 24.4 Å². The molecule has 0 radical (unpaired) electrons. The second kappa shape index (κ2) is 12.7. The van der Waals surface area contributed by atoms with Crippen LogP contribution in [0.5, 0.6) is 0 Å². The second-order valence-corrected chi connectivity index (χ2v) is 12.5. The van der Waals surface area contributed by atoms with Gasteiger partial charge in [-0.2, -0.15) is 0 Å². The molecule has 0 rings (SSSR count). The predicted molar refractivity (Wildman–Crippen MR) is 103 cm³/mol. The van der Waals surface area contributed by atoms with Crippen LogP contribution >= 0.6 is 23.2 Å². The molecular formula is C15H30Cl2O4Si2. The van der Waals surface area contributed by atoms with E-state index in [-0.39, 0.29) is 5.00 Å². The van der Waals surface area contributed by atoms with Gasteiger partial charge in [-0.3, -0.25) is 0 Å². The minimum atomic E-state index is -2.44. The molecule has 0 aromatic heterocycles. The smallest absolute Gasteiger partial charge is 0.361 e. The number of rotatable bonds is 14. The molecule has 23 heavy (non-hydrogen) atoms. The standard InChI is InChI=1S/C15H30Cl2O4Si2/c1-6-15(17)23(5,19-8-3)21-13-10-12-20-22(4,18-7-2)14-9-11-16/h6,9,14-15H,1,7-8,10-13H2,2-5H3. The number of hydrogen-bond acceptors (Lipinski definition) is 4. The molecule has 0 saturated carbocycles. The summed E-state index contributed by atoms with van der Waals surface area (Å²) < 4.78 is 23.4. The van der Waals surface area contributed by atoms with Crippen LogP contribution in [-0.4, -0.2) is 54.4 Å². The molecule has 0 aliphatic heterocycles. The highest BCUT2D eigenvalue weighted by Crippen LogP contribution is 2.19. The van der Waals surface area contributed by atoms with Crippen LogP contribution in [0.1, 0.15) is 20.3 Å². The molecule has 0 heterocycles. The zero-order valence-electron chi connectivity index (χ0n) is 14.6. The first-order chi connectivity index (χ1) is 10.9. The van der Waals surface area contributed by atoms with Crippen LogP contribution in [0.2, 0.25) is 13.1 Å². The van der Waals surface area contributed by atoms with E-state index in [1.54, 1.807) is 6.08 Å². The first-order valence-corrected chi connectivity index (χ1v) is 13.7. The normalized spacial score (nSPS) is 18.5. The summed E-state index contributed by atoms with van der Waals surface area (Å²) in [7, 11) is -4.74. The molecule has 0 N–H and O–H groups in total. The van der Waals surface area contributed by atoms with Gasteiger partial charge < -0.3 is 17.7 Å². The van der Waals surface area contributed by atoms with E-state index in [9.17, 15) is 0 Å². The Morgan fingerprint density at radius 1 is 1.04 bits per heavy atom. The van der Waals surface area contributed by atoms with Crippen LogP contribution in [0, 0.1) is 0 Å². The monoisotopic (exact) mass is 400 g/mol. The molecule has 0 fully saturated rings. The Morgan fingerprint density at radius 2 is 1.65 bits per heavy atom. The number of allylic oxidation sites excluding steroid dienone is 2. The van der Waals surface area contributed by atoms with E-state index in [2.05, 4.69) is 6.58 Å². The number of alkyl halides is 2. The minimum Gasteiger partial charge on any atom is -0.394 e. The lowest BCUT2D eigenvalue weighted by Crippen LogP contribution is -2.48. The van der Waals surface area contributed by atoms with Crippen molar-refractivity contribution in [2.24, 2.45) is 0 Å². The van der Waals surface area contributed by atoms with Crippen molar-refractivity contribution in [3.63, 3.8) is 0 Å². The lowest BCUT2D eigenvalue weighted by Gasteiger charge is -2.29. The molecule has 3 atom stereocenters. The van der Waals surface area contributed by atoms with Crippen molar-refractivity contribution < 1.29 is 17.7 Å². The van der Waals surface area contributed by atoms with E-state index in [4.69, 9.17) is 40.9 Å². The van der Waals surface area contributed by atoms with Gasteiger partial charge in [0.2, 0.25) is 0 Å². The average Bonchev–Trinajstić information content (AvgIpc) is 2.52. The molecule has 0 saturated heterocycles. The Hall–Kier alpha value is 0.334. The summed E-state index contributed by atoms with van der Waals surface area (Å²) in [5.41, 5.74) is 1.97. The lowest BCUT2D eigenvalue weighted by atomic mass is 10.5. The SMILES string of the molecule is C=CC(Cl)[Si](C)(OCC)OCCCO[Si](C)(C=CCCl)OCC. The molecule has 3 unspecified atom stereocenters. The maximum absolute atomic E-state index is 6.26. The molecule has 0 amide bonds. The van der Waals surface area contributed by atoms with Gasteiger partial charge in [-0.1, -0.05) is 12.2 Å². The van der Waals surface area contributed by atoms with Crippen molar-refractivity contribution >= 4 is 40.3 Å². The van der Waals surface area contributed by atoms with E-state index in [1.807, 2.05) is 38.7 Å². The zero-order chi connectivity index (χ0) is 17.8. The Bertz CT molecular complexity index is 360. The molecule has 0 aliphatic carbocycles. The molecule has 0 aromatic rings. The fraction of sp³-hybridized carbons (Fsp3) is 0.733. The molecule has 0 spiro atoms. The molecular weight excluding hydrogens is 371 g/mol. The first-order valence-electron chi connectivity index (χ1n) is 7.93. The number of hydrogen-bond donors (Lipinski definition) is 0. The molecule has 4 nitrogen and oxygen atoms in total. The van der Waals surface area contributed by atoms with Gasteiger partial charge in [-0.25, -0.2) is 0 Å². The highest BCUT2D eigenvalue weighted by molar-refractivity contribution is 6.76. The number of halogens is 2. The summed E-state index contributed by atoms with van der Waals surface area (Å²) in [5.74, 6) is 0.457. The van der Waals surface area contributed by atoms with Gasteiger partial charge in [0.1, 0.15) is 0 Å². The largest absolute Gasteiger partial charge is 0.394 e. The minimum absolute atomic E-state index is 0.280. The summed E-state index contributed by atoms with van der Waals surface area (Å²) in [6.45, 7) is 13.9. The quantitative estimate of drug-likeness (QED) is 0.188. The van der Waals surface area contributed by atoms with Gasteiger partial charge in [0, 0.05) is 32.3 Å². The summed E-state index contributed by atoms with van der Waals surface area (Å²) in [4.78, 5) is 0. The van der Waals surface area contributed by atoms with E-state index in [0.29, 0.717) is 32.3 Å². The van der Waals surface area contributed by atoms with Gasteiger partial charge in [-0.15, -0.1) is 29.8 Å². The van der Waals surface area contributed by atoms with Crippen molar-refractivity contribution in [2.45, 2.75) is 38.4 Å². The first kappa shape index (κ1) is 23.3. The fourth-order valence-corrected chi connectivity index (χ4v) is 6.51. The third-order valence-electron chi connectivity index (χ3n) is 3.15. The molecule has 0 bridgehead atoms. The Morgan fingerprint density at radius 3 is 2.17 bits per heavy atom.